The average Bonchev–Trinajstić information content (AvgIpc) is 2.64. The van der Waals surface area contributed by atoms with Crippen molar-refractivity contribution in [2.75, 3.05) is 26.2 Å². The summed E-state index contributed by atoms with van der Waals surface area (Å²) in [6, 6.07) is 11.2. The van der Waals surface area contributed by atoms with E-state index in [4.69, 9.17) is 0 Å². The first-order valence-electron chi connectivity index (χ1n) is 7.77. The standard InChI is InChI=1S/C17H16FN3O3S/c18-14-11-15(21(23)24)13(17(22)20-8-6-19-7-9-20)10-16(14)25-12-4-2-1-3-5-12/h1-5,10-11,19H,6-9H2. The fraction of sp³-hybridized carbons (Fsp3) is 0.235. The maximum absolute atomic E-state index is 14.3. The predicted molar refractivity (Wildman–Crippen MR) is 92.4 cm³/mol. The summed E-state index contributed by atoms with van der Waals surface area (Å²) in [5, 5.41) is 14.4. The van der Waals surface area contributed by atoms with Crippen LogP contribution in [-0.4, -0.2) is 41.9 Å². The molecule has 2 aromatic carbocycles. The van der Waals surface area contributed by atoms with Gasteiger partial charge in [0.05, 0.1) is 11.0 Å². The van der Waals surface area contributed by atoms with Crippen LogP contribution in [0.3, 0.4) is 0 Å². The number of nitrogens with one attached hydrogen (secondary N) is 1. The number of amides is 1. The first-order valence-corrected chi connectivity index (χ1v) is 8.59. The van der Waals surface area contributed by atoms with Gasteiger partial charge in [0, 0.05) is 36.0 Å². The van der Waals surface area contributed by atoms with E-state index in [1.165, 1.54) is 6.07 Å². The lowest BCUT2D eigenvalue weighted by Crippen LogP contribution is -2.46. The second kappa shape index (κ2) is 7.62. The number of nitro benzene ring substituents is 1. The van der Waals surface area contributed by atoms with Crippen LogP contribution in [0.2, 0.25) is 0 Å². The van der Waals surface area contributed by atoms with Gasteiger partial charge in [-0.3, -0.25) is 14.9 Å². The van der Waals surface area contributed by atoms with E-state index >= 15 is 0 Å². The lowest BCUT2D eigenvalue weighted by Gasteiger charge is -2.27. The largest absolute Gasteiger partial charge is 0.336 e. The zero-order chi connectivity index (χ0) is 17.8. The molecule has 0 bridgehead atoms. The molecule has 130 valence electrons. The molecule has 2 aromatic rings. The smallest absolute Gasteiger partial charge is 0.285 e. The van der Waals surface area contributed by atoms with Crippen molar-refractivity contribution in [3.63, 3.8) is 0 Å². The third-order valence-electron chi connectivity index (χ3n) is 3.85. The van der Waals surface area contributed by atoms with Gasteiger partial charge in [-0.2, -0.15) is 0 Å². The highest BCUT2D eigenvalue weighted by Gasteiger charge is 2.28. The van der Waals surface area contributed by atoms with Crippen LogP contribution in [0, 0.1) is 15.9 Å². The van der Waals surface area contributed by atoms with Crippen LogP contribution < -0.4 is 5.32 Å². The van der Waals surface area contributed by atoms with E-state index in [0.717, 1.165) is 22.7 Å². The number of carbonyl (C=O) groups is 1. The Morgan fingerprint density at radius 3 is 2.52 bits per heavy atom. The van der Waals surface area contributed by atoms with Gasteiger partial charge in [0.25, 0.3) is 11.6 Å². The Balaban J connectivity index is 1.98. The lowest BCUT2D eigenvalue weighted by atomic mass is 10.1. The Morgan fingerprint density at radius 2 is 1.88 bits per heavy atom. The van der Waals surface area contributed by atoms with Crippen molar-refractivity contribution >= 4 is 23.4 Å². The fourth-order valence-electron chi connectivity index (χ4n) is 2.60. The zero-order valence-corrected chi connectivity index (χ0v) is 14.1. The molecule has 0 aromatic heterocycles. The normalized spacial score (nSPS) is 14.4. The second-order valence-electron chi connectivity index (χ2n) is 5.51. The maximum Gasteiger partial charge on any atom is 0.285 e. The van der Waals surface area contributed by atoms with Crippen molar-refractivity contribution in [1.82, 2.24) is 10.2 Å². The van der Waals surface area contributed by atoms with E-state index in [2.05, 4.69) is 5.32 Å². The van der Waals surface area contributed by atoms with Gasteiger partial charge in [-0.25, -0.2) is 4.39 Å². The van der Waals surface area contributed by atoms with Gasteiger partial charge in [-0.1, -0.05) is 30.0 Å². The maximum atomic E-state index is 14.3. The highest BCUT2D eigenvalue weighted by molar-refractivity contribution is 7.99. The van der Waals surface area contributed by atoms with E-state index in [1.54, 1.807) is 4.90 Å². The number of nitro groups is 1. The van der Waals surface area contributed by atoms with Gasteiger partial charge in [0.1, 0.15) is 11.4 Å². The molecule has 1 N–H and O–H groups in total. The Kier molecular flexibility index (Phi) is 5.30. The molecule has 1 heterocycles. The van der Waals surface area contributed by atoms with Crippen molar-refractivity contribution in [1.29, 1.82) is 0 Å². The molecule has 0 atom stereocenters. The quantitative estimate of drug-likeness (QED) is 0.669. The summed E-state index contributed by atoms with van der Waals surface area (Å²) in [4.78, 5) is 25.8. The number of hydrogen-bond acceptors (Lipinski definition) is 5. The van der Waals surface area contributed by atoms with E-state index in [-0.39, 0.29) is 10.5 Å². The Hall–Kier alpha value is -2.45. The number of nitrogens with zero attached hydrogens (tertiary/aromatic N) is 2. The number of carbonyl (C=O) groups excluding carboxylic acids is 1. The molecule has 1 saturated heterocycles. The third-order valence-corrected chi connectivity index (χ3v) is 4.89. The van der Waals surface area contributed by atoms with Crippen LogP contribution in [-0.2, 0) is 0 Å². The number of piperazine rings is 1. The van der Waals surface area contributed by atoms with Crippen molar-refractivity contribution < 1.29 is 14.1 Å². The SMILES string of the molecule is O=C(c1cc(Sc2ccccc2)c(F)cc1[N+](=O)[O-])N1CCNCC1. The molecule has 1 aliphatic heterocycles. The van der Waals surface area contributed by atoms with Crippen LogP contribution in [0.25, 0.3) is 0 Å². The molecule has 0 unspecified atom stereocenters. The summed E-state index contributed by atoms with van der Waals surface area (Å²) < 4.78 is 14.3. The Bertz CT molecular complexity index is 795. The van der Waals surface area contributed by atoms with E-state index in [9.17, 15) is 19.3 Å². The number of rotatable bonds is 4. The van der Waals surface area contributed by atoms with E-state index in [0.29, 0.717) is 26.2 Å². The molecule has 0 radical (unpaired) electrons. The van der Waals surface area contributed by atoms with Gasteiger partial charge in [0.15, 0.2) is 0 Å². The first-order chi connectivity index (χ1) is 12.1. The molecule has 0 saturated carbocycles. The minimum absolute atomic E-state index is 0.0771. The Labute approximate surface area is 148 Å². The molecule has 25 heavy (non-hydrogen) atoms. The summed E-state index contributed by atoms with van der Waals surface area (Å²) in [6.07, 6.45) is 0. The summed E-state index contributed by atoms with van der Waals surface area (Å²) in [5.41, 5.74) is -0.579. The van der Waals surface area contributed by atoms with Crippen molar-refractivity contribution in [2.24, 2.45) is 0 Å². The summed E-state index contributed by atoms with van der Waals surface area (Å²) in [5.74, 6) is -1.15. The molecule has 1 amide bonds. The molecule has 8 heteroatoms. The molecule has 3 rings (SSSR count). The van der Waals surface area contributed by atoms with Gasteiger partial charge >= 0.3 is 0 Å². The zero-order valence-electron chi connectivity index (χ0n) is 13.3. The van der Waals surface area contributed by atoms with E-state index < -0.39 is 22.3 Å². The predicted octanol–water partition coefficient (Wildman–Crippen LogP) is 2.93. The number of benzene rings is 2. The van der Waals surface area contributed by atoms with Crippen molar-refractivity contribution in [3.05, 3.63) is 64.0 Å². The van der Waals surface area contributed by atoms with Crippen molar-refractivity contribution in [3.8, 4) is 0 Å². The molecule has 0 spiro atoms. The second-order valence-corrected chi connectivity index (χ2v) is 6.63. The number of hydrogen-bond donors (Lipinski definition) is 1. The minimum Gasteiger partial charge on any atom is -0.336 e. The molecule has 1 aliphatic rings. The van der Waals surface area contributed by atoms with Gasteiger partial charge in [-0.05, 0) is 18.2 Å². The molecule has 0 aliphatic carbocycles. The van der Waals surface area contributed by atoms with Crippen LogP contribution in [0.4, 0.5) is 10.1 Å². The lowest BCUT2D eigenvalue weighted by molar-refractivity contribution is -0.385. The molecule has 1 fully saturated rings. The summed E-state index contributed by atoms with van der Waals surface area (Å²) in [6.45, 7) is 2.20. The highest BCUT2D eigenvalue weighted by atomic mass is 32.2. The molecular formula is C17H16FN3O3S. The van der Waals surface area contributed by atoms with Crippen LogP contribution in [0.15, 0.2) is 52.3 Å². The third kappa shape index (κ3) is 3.97. The summed E-state index contributed by atoms with van der Waals surface area (Å²) >= 11 is 1.13. The van der Waals surface area contributed by atoms with Crippen LogP contribution in [0.5, 0.6) is 0 Å². The van der Waals surface area contributed by atoms with E-state index in [1.807, 2.05) is 30.3 Å². The minimum atomic E-state index is -0.713. The monoisotopic (exact) mass is 361 g/mol. The van der Waals surface area contributed by atoms with Crippen LogP contribution >= 0.6 is 11.8 Å². The number of halogens is 1. The van der Waals surface area contributed by atoms with Crippen LogP contribution in [0.1, 0.15) is 10.4 Å². The Morgan fingerprint density at radius 1 is 1.20 bits per heavy atom. The van der Waals surface area contributed by atoms with Crippen molar-refractivity contribution in [2.45, 2.75) is 9.79 Å². The summed E-state index contributed by atoms with van der Waals surface area (Å²) in [7, 11) is 0. The fourth-order valence-corrected chi connectivity index (χ4v) is 3.48. The van der Waals surface area contributed by atoms with Gasteiger partial charge < -0.3 is 10.2 Å². The molecular weight excluding hydrogens is 345 g/mol. The topological polar surface area (TPSA) is 75.5 Å². The highest BCUT2D eigenvalue weighted by Crippen LogP contribution is 2.34. The average molecular weight is 361 g/mol. The van der Waals surface area contributed by atoms with Gasteiger partial charge in [0.2, 0.25) is 0 Å². The molecule has 6 nitrogen and oxygen atoms in total. The first kappa shape index (κ1) is 17.4. The van der Waals surface area contributed by atoms with Gasteiger partial charge in [-0.15, -0.1) is 0 Å².